The molecule has 2 N–H and O–H groups in total. The number of aromatic carboxylic acids is 1. The molecule has 2 rings (SSSR count). The Hall–Kier alpha value is -1.79. The van der Waals surface area contributed by atoms with Crippen LogP contribution in [0.3, 0.4) is 0 Å². The number of hydrogen-bond donors (Lipinski definition) is 2. The standard InChI is InChI=1S/C15H15NO3S2/c1-9-3-4-11(5-10(9)2)16-14(17)8-20-12-6-13(15(18)19)21-7-12/h3-7H,8H2,1-2H3,(H,16,17)(H,18,19). The lowest BCUT2D eigenvalue weighted by atomic mass is 10.1. The summed E-state index contributed by atoms with van der Waals surface area (Å²) >= 11 is 2.49. The van der Waals surface area contributed by atoms with Crippen molar-refractivity contribution in [3.8, 4) is 0 Å². The highest BCUT2D eigenvalue weighted by atomic mass is 32.2. The minimum atomic E-state index is -0.938. The number of thioether (sulfide) groups is 1. The fraction of sp³-hybridized carbons (Fsp3) is 0.200. The highest BCUT2D eigenvalue weighted by Crippen LogP contribution is 2.25. The van der Waals surface area contributed by atoms with E-state index in [2.05, 4.69) is 5.32 Å². The van der Waals surface area contributed by atoms with Gasteiger partial charge in [0.15, 0.2) is 0 Å². The van der Waals surface area contributed by atoms with Crippen LogP contribution in [0.5, 0.6) is 0 Å². The van der Waals surface area contributed by atoms with E-state index in [0.29, 0.717) is 0 Å². The van der Waals surface area contributed by atoms with Crippen LogP contribution in [0.15, 0.2) is 34.5 Å². The van der Waals surface area contributed by atoms with Crippen molar-refractivity contribution in [2.24, 2.45) is 0 Å². The summed E-state index contributed by atoms with van der Waals surface area (Å²) in [5.74, 6) is -0.791. The summed E-state index contributed by atoms with van der Waals surface area (Å²) < 4.78 is 0. The van der Waals surface area contributed by atoms with Gasteiger partial charge < -0.3 is 10.4 Å². The second-order valence-electron chi connectivity index (χ2n) is 4.59. The molecule has 0 aliphatic carbocycles. The molecule has 0 saturated heterocycles. The average molecular weight is 321 g/mol. The second kappa shape index (κ2) is 6.78. The van der Waals surface area contributed by atoms with Gasteiger partial charge in [0.2, 0.25) is 5.91 Å². The Balaban J connectivity index is 1.89. The van der Waals surface area contributed by atoms with E-state index in [1.165, 1.54) is 17.3 Å². The predicted octanol–water partition coefficient (Wildman–Crippen LogP) is 3.79. The van der Waals surface area contributed by atoms with Crippen molar-refractivity contribution in [1.82, 2.24) is 0 Å². The number of amides is 1. The van der Waals surface area contributed by atoms with Crippen LogP contribution in [0.25, 0.3) is 0 Å². The number of hydrogen-bond acceptors (Lipinski definition) is 4. The molecule has 110 valence electrons. The summed E-state index contributed by atoms with van der Waals surface area (Å²) in [5, 5.41) is 13.4. The molecule has 0 atom stereocenters. The molecule has 21 heavy (non-hydrogen) atoms. The largest absolute Gasteiger partial charge is 0.477 e. The van der Waals surface area contributed by atoms with E-state index in [-0.39, 0.29) is 16.5 Å². The summed E-state index contributed by atoms with van der Waals surface area (Å²) in [6.45, 7) is 4.02. The summed E-state index contributed by atoms with van der Waals surface area (Å²) in [6.07, 6.45) is 0. The van der Waals surface area contributed by atoms with Gasteiger partial charge in [0.05, 0.1) is 5.75 Å². The van der Waals surface area contributed by atoms with Gasteiger partial charge in [-0.15, -0.1) is 23.1 Å². The second-order valence-corrected chi connectivity index (χ2v) is 6.55. The smallest absolute Gasteiger partial charge is 0.345 e. The Morgan fingerprint density at radius 2 is 2.00 bits per heavy atom. The van der Waals surface area contributed by atoms with Gasteiger partial charge in [-0.3, -0.25) is 4.79 Å². The van der Waals surface area contributed by atoms with Gasteiger partial charge in [-0.05, 0) is 43.2 Å². The Kier molecular flexibility index (Phi) is 5.03. The molecule has 0 fully saturated rings. The van der Waals surface area contributed by atoms with Gasteiger partial charge in [-0.2, -0.15) is 0 Å². The van der Waals surface area contributed by atoms with Crippen LogP contribution in [-0.2, 0) is 4.79 Å². The van der Waals surface area contributed by atoms with E-state index in [9.17, 15) is 9.59 Å². The van der Waals surface area contributed by atoms with Crippen LogP contribution in [0, 0.1) is 13.8 Å². The minimum absolute atomic E-state index is 0.105. The van der Waals surface area contributed by atoms with Crippen LogP contribution in [0.4, 0.5) is 5.69 Å². The fourth-order valence-corrected chi connectivity index (χ4v) is 3.34. The Labute approximate surface area is 131 Å². The lowest BCUT2D eigenvalue weighted by Gasteiger charge is -2.07. The number of thiophene rings is 1. The van der Waals surface area contributed by atoms with Crippen LogP contribution in [-0.4, -0.2) is 22.7 Å². The molecule has 1 aromatic heterocycles. The molecule has 0 unspecified atom stereocenters. The summed E-state index contributed by atoms with van der Waals surface area (Å²) in [5.41, 5.74) is 3.09. The normalized spacial score (nSPS) is 10.4. The highest BCUT2D eigenvalue weighted by Gasteiger charge is 2.09. The zero-order chi connectivity index (χ0) is 15.4. The first-order valence-corrected chi connectivity index (χ1v) is 8.14. The first kappa shape index (κ1) is 15.6. The van der Waals surface area contributed by atoms with Crippen molar-refractivity contribution in [3.05, 3.63) is 45.6 Å². The van der Waals surface area contributed by atoms with Crippen molar-refractivity contribution in [2.75, 3.05) is 11.1 Å². The lowest BCUT2D eigenvalue weighted by molar-refractivity contribution is -0.113. The third-order valence-electron chi connectivity index (χ3n) is 2.95. The zero-order valence-electron chi connectivity index (χ0n) is 11.7. The van der Waals surface area contributed by atoms with Crippen molar-refractivity contribution in [2.45, 2.75) is 18.7 Å². The lowest BCUT2D eigenvalue weighted by Crippen LogP contribution is -2.14. The molecule has 2 aromatic rings. The van der Waals surface area contributed by atoms with Gasteiger partial charge in [-0.25, -0.2) is 4.79 Å². The van der Waals surface area contributed by atoms with Gasteiger partial charge in [0, 0.05) is 16.0 Å². The van der Waals surface area contributed by atoms with Crippen LogP contribution >= 0.6 is 23.1 Å². The molecule has 0 aliphatic heterocycles. The number of benzene rings is 1. The van der Waals surface area contributed by atoms with Gasteiger partial charge >= 0.3 is 5.97 Å². The molecular formula is C15H15NO3S2. The summed E-state index contributed by atoms with van der Waals surface area (Å²) in [7, 11) is 0. The minimum Gasteiger partial charge on any atom is -0.477 e. The molecule has 4 nitrogen and oxygen atoms in total. The van der Waals surface area contributed by atoms with E-state index in [1.54, 1.807) is 11.4 Å². The quantitative estimate of drug-likeness (QED) is 0.822. The van der Waals surface area contributed by atoms with Crippen LogP contribution in [0.1, 0.15) is 20.8 Å². The number of carboxylic acid groups (broad SMARTS) is 1. The maximum atomic E-state index is 11.9. The number of rotatable bonds is 5. The third-order valence-corrected chi connectivity index (χ3v) is 4.99. The molecule has 0 saturated carbocycles. The van der Waals surface area contributed by atoms with Gasteiger partial charge in [-0.1, -0.05) is 6.07 Å². The third kappa shape index (κ3) is 4.34. The number of carbonyl (C=O) groups is 2. The van der Waals surface area contributed by atoms with E-state index in [4.69, 9.17) is 5.11 Å². The van der Waals surface area contributed by atoms with E-state index < -0.39 is 5.97 Å². The van der Waals surface area contributed by atoms with E-state index >= 15 is 0 Å². The molecule has 0 bridgehead atoms. The first-order valence-electron chi connectivity index (χ1n) is 6.27. The number of aryl methyl sites for hydroxylation is 2. The van der Waals surface area contributed by atoms with Crippen LogP contribution in [0.2, 0.25) is 0 Å². The Bertz CT molecular complexity index is 679. The van der Waals surface area contributed by atoms with E-state index in [0.717, 1.165) is 27.5 Å². The first-order chi connectivity index (χ1) is 9.95. The SMILES string of the molecule is Cc1ccc(NC(=O)CSc2csc(C(=O)O)c2)cc1C. The summed E-state index contributed by atoms with van der Waals surface area (Å²) in [6, 6.07) is 7.36. The Morgan fingerprint density at radius 1 is 1.24 bits per heavy atom. The fourth-order valence-electron chi connectivity index (χ4n) is 1.67. The molecule has 0 aliphatic rings. The average Bonchev–Trinajstić information content (AvgIpc) is 2.90. The molecule has 0 spiro atoms. The maximum absolute atomic E-state index is 11.9. The maximum Gasteiger partial charge on any atom is 0.345 e. The van der Waals surface area contributed by atoms with Crippen molar-refractivity contribution in [1.29, 1.82) is 0 Å². The number of carboxylic acids is 1. The molecule has 1 amide bonds. The van der Waals surface area contributed by atoms with Crippen molar-refractivity contribution < 1.29 is 14.7 Å². The monoisotopic (exact) mass is 321 g/mol. The molecule has 1 aromatic carbocycles. The number of carbonyl (C=O) groups excluding carboxylic acids is 1. The molecule has 1 heterocycles. The number of anilines is 1. The highest BCUT2D eigenvalue weighted by molar-refractivity contribution is 8.00. The van der Waals surface area contributed by atoms with Gasteiger partial charge in [0.1, 0.15) is 4.88 Å². The molecule has 6 heteroatoms. The van der Waals surface area contributed by atoms with Crippen molar-refractivity contribution >= 4 is 40.7 Å². The van der Waals surface area contributed by atoms with Crippen LogP contribution < -0.4 is 5.32 Å². The molecular weight excluding hydrogens is 306 g/mol. The van der Waals surface area contributed by atoms with Gasteiger partial charge in [0.25, 0.3) is 0 Å². The van der Waals surface area contributed by atoms with Crippen molar-refractivity contribution in [3.63, 3.8) is 0 Å². The topological polar surface area (TPSA) is 66.4 Å². The summed E-state index contributed by atoms with van der Waals surface area (Å²) in [4.78, 5) is 23.7. The zero-order valence-corrected chi connectivity index (χ0v) is 13.3. The number of nitrogens with one attached hydrogen (secondary N) is 1. The van der Waals surface area contributed by atoms with E-state index in [1.807, 2.05) is 32.0 Å². The predicted molar refractivity (Wildman–Crippen MR) is 86.5 cm³/mol. The Morgan fingerprint density at radius 3 is 2.62 bits per heavy atom. The molecule has 0 radical (unpaired) electrons.